The summed E-state index contributed by atoms with van der Waals surface area (Å²) >= 11 is 0. The monoisotopic (exact) mass is 825 g/mol. The number of hydrogen-bond donors (Lipinski definition) is 3. The lowest BCUT2D eigenvalue weighted by molar-refractivity contribution is -0.384. The van der Waals surface area contributed by atoms with Gasteiger partial charge in [-0.05, 0) is 124 Å². The summed E-state index contributed by atoms with van der Waals surface area (Å²) in [6.07, 6.45) is 11.2. The number of oxime groups is 1. The van der Waals surface area contributed by atoms with Crippen molar-refractivity contribution in [2.24, 2.45) is 22.9 Å². The fourth-order valence-electron chi connectivity index (χ4n) is 8.95. The molecule has 1 fully saturated rings. The van der Waals surface area contributed by atoms with Gasteiger partial charge >= 0.3 is 0 Å². The van der Waals surface area contributed by atoms with Crippen LogP contribution >= 0.6 is 0 Å². The van der Waals surface area contributed by atoms with Crippen molar-refractivity contribution in [1.82, 2.24) is 4.90 Å². The van der Waals surface area contributed by atoms with E-state index >= 15 is 0 Å². The Bertz CT molecular complexity index is 2080. The summed E-state index contributed by atoms with van der Waals surface area (Å²) in [5, 5.41) is 46.8. The van der Waals surface area contributed by atoms with E-state index in [2.05, 4.69) is 12.7 Å². The van der Waals surface area contributed by atoms with Gasteiger partial charge in [-0.15, -0.1) is 6.58 Å². The quantitative estimate of drug-likeness (QED) is 0.0375. The number of unbranched alkanes of at least 4 members (excludes halogenated alkanes) is 2. The first-order chi connectivity index (χ1) is 28.8. The molecule has 6 rings (SSSR count). The number of benzene rings is 3. The van der Waals surface area contributed by atoms with Gasteiger partial charge in [0.2, 0.25) is 11.7 Å². The molecule has 3 aromatic rings. The van der Waals surface area contributed by atoms with E-state index in [4.69, 9.17) is 19.5 Å². The average Bonchev–Trinajstić information content (AvgIpc) is 3.22. The second kappa shape index (κ2) is 19.3. The predicted octanol–water partition coefficient (Wildman–Crippen LogP) is 8.61. The second-order valence-corrected chi connectivity index (χ2v) is 16.8. The van der Waals surface area contributed by atoms with Crippen LogP contribution in [0.2, 0.25) is 0 Å². The first kappa shape index (κ1) is 44.2. The number of fused-ring (bicyclic) bond motifs is 2. The van der Waals surface area contributed by atoms with Crippen LogP contribution in [-0.2, 0) is 20.9 Å². The number of non-ortho nitro benzene ring substituents is 1. The number of allylic oxidation sites excluding steroid dienone is 1. The zero-order valence-corrected chi connectivity index (χ0v) is 34.5. The van der Waals surface area contributed by atoms with E-state index in [1.165, 1.54) is 30.3 Å². The molecule has 0 saturated heterocycles. The zero-order valence-electron chi connectivity index (χ0n) is 34.5. The molecule has 12 nitrogen and oxygen atoms in total. The van der Waals surface area contributed by atoms with Gasteiger partial charge in [0, 0.05) is 55.9 Å². The van der Waals surface area contributed by atoms with E-state index < -0.39 is 40.0 Å². The van der Waals surface area contributed by atoms with E-state index in [0.29, 0.717) is 35.4 Å². The Morgan fingerprint density at radius 2 is 1.75 bits per heavy atom. The van der Waals surface area contributed by atoms with Crippen molar-refractivity contribution in [3.63, 3.8) is 0 Å². The van der Waals surface area contributed by atoms with Gasteiger partial charge in [-0.25, -0.2) is 4.39 Å². The Morgan fingerprint density at radius 3 is 2.40 bits per heavy atom. The Kier molecular flexibility index (Phi) is 14.2. The standard InChI is InChI=1S/C47H56FN3O9/c1-5-26-58-47-42(50(30-32-12-17-34(48)18-13-32)43(55)23-16-31-14-19-35(20-15-31)51(56)57)29-40(49-60-46(2,3)4)38-27-33(10-6-8-24-52)37(11-7-9-25-53)44(45(38)47)39-28-36(54)21-22-41(39)59-47/h5,12-23,27-28,33,37,42,44-45,52-54H,1,6-11,24-26,29-30H2,2-4H3/t33-,37+,42-,44+,45+,47+/m0/s1. The van der Waals surface area contributed by atoms with Crippen molar-refractivity contribution in [2.75, 3.05) is 19.8 Å². The van der Waals surface area contributed by atoms with Gasteiger partial charge in [0.25, 0.3) is 5.69 Å². The van der Waals surface area contributed by atoms with Crippen LogP contribution in [0.4, 0.5) is 10.1 Å². The fraction of sp³-hybridized carbons (Fsp3) is 0.447. The molecular weight excluding hydrogens is 770 g/mol. The number of halogens is 1. The molecule has 13 heteroatoms. The molecule has 1 heterocycles. The maximum Gasteiger partial charge on any atom is 0.269 e. The van der Waals surface area contributed by atoms with Crippen LogP contribution in [-0.4, -0.2) is 74.0 Å². The molecule has 6 atom stereocenters. The number of ether oxygens (including phenoxy) is 2. The van der Waals surface area contributed by atoms with Crippen LogP contribution in [0.15, 0.2) is 102 Å². The maximum atomic E-state index is 14.9. The lowest BCUT2D eigenvalue weighted by atomic mass is 9.55. The van der Waals surface area contributed by atoms with Crippen molar-refractivity contribution >= 4 is 23.4 Å². The number of carbonyl (C=O) groups excluding carboxylic acids is 1. The summed E-state index contributed by atoms with van der Waals surface area (Å²) in [6, 6.07) is 15.9. The highest BCUT2D eigenvalue weighted by atomic mass is 19.1. The van der Waals surface area contributed by atoms with Crippen LogP contribution in [0, 0.1) is 33.7 Å². The van der Waals surface area contributed by atoms with Gasteiger partial charge in [-0.1, -0.05) is 42.3 Å². The number of nitro benzene ring substituents is 1. The summed E-state index contributed by atoms with van der Waals surface area (Å²) in [7, 11) is 0. The van der Waals surface area contributed by atoms with Crippen LogP contribution < -0.4 is 4.74 Å². The highest BCUT2D eigenvalue weighted by molar-refractivity contribution is 6.03. The molecule has 60 heavy (non-hydrogen) atoms. The van der Waals surface area contributed by atoms with Gasteiger partial charge in [0.15, 0.2) is 0 Å². The minimum atomic E-state index is -1.56. The molecule has 3 N–H and O–H groups in total. The molecule has 0 unspecified atom stereocenters. The van der Waals surface area contributed by atoms with Crippen LogP contribution in [0.1, 0.15) is 88.3 Å². The van der Waals surface area contributed by atoms with Gasteiger partial charge in [-0.3, -0.25) is 14.9 Å². The molecule has 1 amide bonds. The summed E-state index contributed by atoms with van der Waals surface area (Å²) in [4.78, 5) is 33.6. The Morgan fingerprint density at radius 1 is 1.05 bits per heavy atom. The van der Waals surface area contributed by atoms with Gasteiger partial charge in [0.1, 0.15) is 29.0 Å². The van der Waals surface area contributed by atoms with Crippen LogP contribution in [0.3, 0.4) is 0 Å². The average molecular weight is 826 g/mol. The molecule has 3 aromatic carbocycles. The number of phenolic OH excluding ortho intramolecular Hbond substituents is 1. The van der Waals surface area contributed by atoms with E-state index in [9.17, 15) is 34.6 Å². The Hall–Kier alpha value is -5.37. The number of rotatable bonds is 18. The summed E-state index contributed by atoms with van der Waals surface area (Å²) in [5.74, 6) is -2.80. The smallest absolute Gasteiger partial charge is 0.269 e. The molecular formula is C47H56FN3O9. The number of phenols is 1. The number of amides is 1. The lowest BCUT2D eigenvalue weighted by Crippen LogP contribution is -2.70. The molecule has 1 aliphatic heterocycles. The topological polar surface area (TPSA) is 164 Å². The molecule has 1 saturated carbocycles. The summed E-state index contributed by atoms with van der Waals surface area (Å²) in [6.45, 7) is 9.86. The third-order valence-electron chi connectivity index (χ3n) is 11.5. The fourth-order valence-corrected chi connectivity index (χ4v) is 8.95. The van der Waals surface area contributed by atoms with Gasteiger partial charge in [-0.2, -0.15) is 0 Å². The van der Waals surface area contributed by atoms with E-state index in [0.717, 1.165) is 36.8 Å². The number of aliphatic hydroxyl groups excluding tert-OH is 2. The number of aliphatic hydroxyl groups is 2. The first-order valence-electron chi connectivity index (χ1n) is 20.7. The third kappa shape index (κ3) is 9.97. The van der Waals surface area contributed by atoms with E-state index in [-0.39, 0.29) is 62.0 Å². The number of nitro groups is 1. The lowest BCUT2D eigenvalue weighted by Gasteiger charge is -2.60. The molecule has 0 aromatic heterocycles. The van der Waals surface area contributed by atoms with Crippen molar-refractivity contribution in [2.45, 2.75) is 95.6 Å². The normalized spacial score (nSPS) is 23.9. The summed E-state index contributed by atoms with van der Waals surface area (Å²) in [5.41, 5.74) is 2.70. The summed E-state index contributed by atoms with van der Waals surface area (Å²) < 4.78 is 28.5. The van der Waals surface area contributed by atoms with E-state index in [1.54, 1.807) is 59.5 Å². The van der Waals surface area contributed by atoms with Crippen molar-refractivity contribution in [1.29, 1.82) is 0 Å². The van der Waals surface area contributed by atoms with Crippen molar-refractivity contribution in [3.05, 3.63) is 130 Å². The zero-order chi connectivity index (χ0) is 43.0. The highest BCUT2D eigenvalue weighted by Crippen LogP contribution is 2.62. The molecule has 0 spiro atoms. The number of carbonyl (C=O) groups is 1. The van der Waals surface area contributed by atoms with E-state index in [1.807, 2.05) is 20.8 Å². The molecule has 320 valence electrons. The number of aromatic hydroxyl groups is 1. The Balaban J connectivity index is 1.59. The molecule has 3 aliphatic rings. The molecule has 2 aliphatic carbocycles. The van der Waals surface area contributed by atoms with Gasteiger partial charge < -0.3 is 34.5 Å². The number of hydrogen-bond acceptors (Lipinski definition) is 10. The highest BCUT2D eigenvalue weighted by Gasteiger charge is 2.65. The second-order valence-electron chi connectivity index (χ2n) is 16.8. The minimum Gasteiger partial charge on any atom is -0.508 e. The third-order valence-corrected chi connectivity index (χ3v) is 11.5. The Labute approximate surface area is 350 Å². The number of nitrogens with zero attached hydrogens (tertiary/aromatic N) is 3. The minimum absolute atomic E-state index is 0.00913. The molecule has 0 radical (unpaired) electrons. The van der Waals surface area contributed by atoms with Crippen molar-refractivity contribution < 1.29 is 43.7 Å². The largest absolute Gasteiger partial charge is 0.508 e. The van der Waals surface area contributed by atoms with Crippen molar-refractivity contribution in [3.8, 4) is 11.5 Å². The maximum absolute atomic E-state index is 14.9. The SMILES string of the molecule is C=CCO[C@@]12Oc3ccc(O)cc3[C@H]3[C@H](CCCCO)[C@@H](CCCCO)C=C(C(=NOC(C)(C)C)C[C@@H]1N(Cc1ccc(F)cc1)C(=O)C=Cc1ccc([N+](=O)[O-])cc1)[C@H]32. The molecule has 0 bridgehead atoms. The first-order valence-corrected chi connectivity index (χ1v) is 20.7. The van der Waals surface area contributed by atoms with Crippen LogP contribution in [0.25, 0.3) is 6.08 Å². The predicted molar refractivity (Wildman–Crippen MR) is 227 cm³/mol. The van der Waals surface area contributed by atoms with Gasteiger partial charge in [0.05, 0.1) is 23.2 Å². The van der Waals surface area contributed by atoms with Crippen LogP contribution in [0.5, 0.6) is 11.5 Å².